The number of ether oxygens (including phenoxy) is 3. The SMILES string of the molecule is O=C1COc2cc(OCCCOc3ccc(Cl)cc3)ccc21. The first kappa shape index (κ1) is 14.7. The molecule has 0 radical (unpaired) electrons. The summed E-state index contributed by atoms with van der Waals surface area (Å²) in [6, 6.07) is 12.5. The Morgan fingerprint density at radius 3 is 2.45 bits per heavy atom. The van der Waals surface area contributed by atoms with Gasteiger partial charge < -0.3 is 14.2 Å². The van der Waals surface area contributed by atoms with Crippen molar-refractivity contribution < 1.29 is 19.0 Å². The summed E-state index contributed by atoms with van der Waals surface area (Å²) < 4.78 is 16.5. The Kier molecular flexibility index (Phi) is 4.49. The van der Waals surface area contributed by atoms with Crippen LogP contribution in [-0.2, 0) is 0 Å². The number of rotatable bonds is 6. The molecule has 1 aliphatic heterocycles. The van der Waals surface area contributed by atoms with E-state index in [4.69, 9.17) is 25.8 Å². The lowest BCUT2D eigenvalue weighted by Gasteiger charge is -2.09. The molecule has 3 rings (SSSR count). The van der Waals surface area contributed by atoms with E-state index >= 15 is 0 Å². The molecule has 114 valence electrons. The van der Waals surface area contributed by atoms with Gasteiger partial charge in [0.1, 0.15) is 17.2 Å². The molecule has 5 heteroatoms. The predicted octanol–water partition coefficient (Wildman–Crippen LogP) is 3.76. The molecule has 0 saturated carbocycles. The second-order valence-electron chi connectivity index (χ2n) is 4.87. The summed E-state index contributed by atoms with van der Waals surface area (Å²) >= 11 is 5.81. The summed E-state index contributed by atoms with van der Waals surface area (Å²) in [7, 11) is 0. The van der Waals surface area contributed by atoms with E-state index in [0.717, 1.165) is 12.2 Å². The highest BCUT2D eigenvalue weighted by Crippen LogP contribution is 2.29. The summed E-state index contributed by atoms with van der Waals surface area (Å²) in [5.41, 5.74) is 0.624. The summed E-state index contributed by atoms with van der Waals surface area (Å²) in [6.07, 6.45) is 0.750. The molecule has 1 heterocycles. The van der Waals surface area contributed by atoms with Crippen molar-refractivity contribution in [2.45, 2.75) is 6.42 Å². The molecule has 0 saturated heterocycles. The lowest BCUT2D eigenvalue weighted by atomic mass is 10.1. The molecular formula is C17H15ClO4. The number of carbonyl (C=O) groups excluding carboxylic acids is 1. The molecule has 0 bridgehead atoms. The van der Waals surface area contributed by atoms with Crippen molar-refractivity contribution in [3.8, 4) is 17.2 Å². The molecule has 4 nitrogen and oxygen atoms in total. The van der Waals surface area contributed by atoms with Crippen molar-refractivity contribution >= 4 is 17.4 Å². The van der Waals surface area contributed by atoms with Crippen LogP contribution in [0.1, 0.15) is 16.8 Å². The second kappa shape index (κ2) is 6.71. The van der Waals surface area contributed by atoms with E-state index in [0.29, 0.717) is 35.3 Å². The molecule has 0 atom stereocenters. The lowest BCUT2D eigenvalue weighted by Crippen LogP contribution is -2.05. The Bertz CT molecular complexity index is 667. The van der Waals surface area contributed by atoms with Crippen LogP contribution in [-0.4, -0.2) is 25.6 Å². The van der Waals surface area contributed by atoms with Crippen molar-refractivity contribution in [1.82, 2.24) is 0 Å². The van der Waals surface area contributed by atoms with E-state index in [1.54, 1.807) is 30.3 Å². The molecule has 0 spiro atoms. The third-order valence-electron chi connectivity index (χ3n) is 3.25. The average Bonchev–Trinajstić information content (AvgIpc) is 2.90. The molecule has 0 fully saturated rings. The second-order valence-corrected chi connectivity index (χ2v) is 5.31. The zero-order valence-electron chi connectivity index (χ0n) is 11.9. The summed E-state index contributed by atoms with van der Waals surface area (Å²) in [4.78, 5) is 11.4. The minimum atomic E-state index is 0.0120. The van der Waals surface area contributed by atoms with Gasteiger partial charge in [-0.2, -0.15) is 0 Å². The van der Waals surface area contributed by atoms with Gasteiger partial charge in [0.15, 0.2) is 6.61 Å². The van der Waals surface area contributed by atoms with Crippen molar-refractivity contribution in [2.24, 2.45) is 0 Å². The molecule has 1 aliphatic rings. The highest BCUT2D eigenvalue weighted by Gasteiger charge is 2.21. The third-order valence-corrected chi connectivity index (χ3v) is 3.50. The number of hydrogen-bond donors (Lipinski definition) is 0. The molecule has 0 aromatic heterocycles. The number of hydrogen-bond acceptors (Lipinski definition) is 4. The summed E-state index contributed by atoms with van der Waals surface area (Å²) in [5.74, 6) is 2.09. The number of Topliss-reactive ketones (excluding diaryl/α,β-unsaturated/α-hetero) is 1. The number of fused-ring (bicyclic) bond motifs is 1. The maximum atomic E-state index is 11.4. The van der Waals surface area contributed by atoms with Gasteiger partial charge in [-0.25, -0.2) is 0 Å². The van der Waals surface area contributed by atoms with Crippen LogP contribution in [0.15, 0.2) is 42.5 Å². The van der Waals surface area contributed by atoms with E-state index in [-0.39, 0.29) is 12.4 Å². The van der Waals surface area contributed by atoms with Gasteiger partial charge >= 0.3 is 0 Å². The number of benzene rings is 2. The third kappa shape index (κ3) is 3.52. The summed E-state index contributed by atoms with van der Waals surface area (Å²) in [5, 5.41) is 0.688. The maximum Gasteiger partial charge on any atom is 0.203 e. The lowest BCUT2D eigenvalue weighted by molar-refractivity contribution is 0.0961. The van der Waals surface area contributed by atoms with Crippen molar-refractivity contribution in [2.75, 3.05) is 19.8 Å². The van der Waals surface area contributed by atoms with Gasteiger partial charge in [-0.05, 0) is 36.4 Å². The Hall–Kier alpha value is -2.20. The van der Waals surface area contributed by atoms with E-state index in [1.807, 2.05) is 12.1 Å². The minimum absolute atomic E-state index is 0.0120. The normalized spacial score (nSPS) is 12.7. The monoisotopic (exact) mass is 318 g/mol. The van der Waals surface area contributed by atoms with Crippen LogP contribution >= 0.6 is 11.6 Å². The van der Waals surface area contributed by atoms with E-state index < -0.39 is 0 Å². The van der Waals surface area contributed by atoms with E-state index in [1.165, 1.54) is 0 Å². The fourth-order valence-electron chi connectivity index (χ4n) is 2.13. The Balaban J connectivity index is 1.42. The van der Waals surface area contributed by atoms with Crippen molar-refractivity contribution in [3.05, 3.63) is 53.1 Å². The smallest absolute Gasteiger partial charge is 0.203 e. The fraction of sp³-hybridized carbons (Fsp3) is 0.235. The van der Waals surface area contributed by atoms with Gasteiger partial charge in [0, 0.05) is 17.5 Å². The average molecular weight is 319 g/mol. The van der Waals surface area contributed by atoms with Gasteiger partial charge in [-0.3, -0.25) is 4.79 Å². The van der Waals surface area contributed by atoms with Crippen molar-refractivity contribution in [3.63, 3.8) is 0 Å². The van der Waals surface area contributed by atoms with Gasteiger partial charge in [-0.1, -0.05) is 11.6 Å². The van der Waals surface area contributed by atoms with Crippen LogP contribution < -0.4 is 14.2 Å². The first-order valence-electron chi connectivity index (χ1n) is 7.03. The molecule has 0 N–H and O–H groups in total. The van der Waals surface area contributed by atoms with Crippen LogP contribution in [0, 0.1) is 0 Å². The van der Waals surface area contributed by atoms with Gasteiger partial charge in [0.2, 0.25) is 5.78 Å². The Morgan fingerprint density at radius 1 is 1.00 bits per heavy atom. The number of ketones is 1. The number of carbonyl (C=O) groups is 1. The molecular weight excluding hydrogens is 304 g/mol. The van der Waals surface area contributed by atoms with E-state index in [2.05, 4.69) is 0 Å². The van der Waals surface area contributed by atoms with Gasteiger partial charge in [0.05, 0.1) is 18.8 Å². The summed E-state index contributed by atoms with van der Waals surface area (Å²) in [6.45, 7) is 1.20. The molecule has 2 aromatic rings. The molecule has 0 unspecified atom stereocenters. The van der Waals surface area contributed by atoms with Crippen LogP contribution in [0.2, 0.25) is 5.02 Å². The molecule has 0 amide bonds. The van der Waals surface area contributed by atoms with Gasteiger partial charge in [0.25, 0.3) is 0 Å². The topological polar surface area (TPSA) is 44.8 Å². The molecule has 2 aromatic carbocycles. The highest BCUT2D eigenvalue weighted by molar-refractivity contribution is 6.30. The molecule has 0 aliphatic carbocycles. The first-order chi connectivity index (χ1) is 10.7. The Morgan fingerprint density at radius 2 is 1.68 bits per heavy atom. The first-order valence-corrected chi connectivity index (χ1v) is 7.41. The van der Waals surface area contributed by atoms with Crippen LogP contribution in [0.3, 0.4) is 0 Å². The zero-order chi connectivity index (χ0) is 15.4. The molecule has 22 heavy (non-hydrogen) atoms. The quantitative estimate of drug-likeness (QED) is 0.761. The van der Waals surface area contributed by atoms with E-state index in [9.17, 15) is 4.79 Å². The van der Waals surface area contributed by atoms with Gasteiger partial charge in [-0.15, -0.1) is 0 Å². The van der Waals surface area contributed by atoms with Crippen LogP contribution in [0.25, 0.3) is 0 Å². The Labute approximate surface area is 133 Å². The fourth-order valence-corrected chi connectivity index (χ4v) is 2.26. The standard InChI is InChI=1S/C17H15ClO4/c18-12-2-4-13(5-3-12)20-8-1-9-21-14-6-7-15-16(19)11-22-17(15)10-14/h2-7,10H,1,8-9,11H2. The largest absolute Gasteiger partial charge is 0.493 e. The number of halogens is 1. The minimum Gasteiger partial charge on any atom is -0.493 e. The van der Waals surface area contributed by atoms with Crippen LogP contribution in [0.5, 0.6) is 17.2 Å². The highest BCUT2D eigenvalue weighted by atomic mass is 35.5. The van der Waals surface area contributed by atoms with Crippen molar-refractivity contribution in [1.29, 1.82) is 0 Å². The zero-order valence-corrected chi connectivity index (χ0v) is 12.6. The predicted molar refractivity (Wildman–Crippen MR) is 83.3 cm³/mol. The maximum absolute atomic E-state index is 11.4. The van der Waals surface area contributed by atoms with Crippen LogP contribution in [0.4, 0.5) is 0 Å².